The average molecular weight is 936 g/mol. The molecule has 5 unspecified atom stereocenters. The summed E-state index contributed by atoms with van der Waals surface area (Å²) in [5, 5.41) is 3.42. The van der Waals surface area contributed by atoms with Gasteiger partial charge in [-0.2, -0.15) is 0 Å². The van der Waals surface area contributed by atoms with Gasteiger partial charge in [-0.25, -0.2) is 13.2 Å². The number of nitrogens with one attached hydrogen (secondary N) is 2. The van der Waals surface area contributed by atoms with E-state index in [9.17, 15) is 9.59 Å². The lowest BCUT2D eigenvalue weighted by Crippen LogP contribution is -2.58. The number of alkyl halides is 1. The summed E-state index contributed by atoms with van der Waals surface area (Å²) >= 11 is 2.24. The highest BCUT2D eigenvalue weighted by Crippen LogP contribution is 2.48. The third-order valence-electron chi connectivity index (χ3n) is 11.7. The minimum atomic E-state index is -1.15. The number of H-pyrrole nitrogens is 1. The number of nitrogens with zero attached hydrogens (tertiary/aromatic N) is 1. The van der Waals surface area contributed by atoms with Crippen molar-refractivity contribution in [2.45, 2.75) is 57.4 Å². The number of carbonyl (C=O) groups is 2. The maximum absolute atomic E-state index is 15.7. The van der Waals surface area contributed by atoms with Crippen molar-refractivity contribution in [3.63, 3.8) is 0 Å². The van der Waals surface area contributed by atoms with Crippen LogP contribution < -0.4 is 5.32 Å². The Morgan fingerprint density at radius 1 is 0.656 bits per heavy atom. The second kappa shape index (κ2) is 16.0. The molecule has 6 aromatic carbocycles. The molecule has 0 saturated carbocycles. The lowest BCUT2D eigenvalue weighted by Gasteiger charge is -2.46. The van der Waals surface area contributed by atoms with Gasteiger partial charge in [0.2, 0.25) is 0 Å². The maximum Gasteiger partial charge on any atom is 0.259 e. The third-order valence-corrected chi connectivity index (χ3v) is 12.5. The summed E-state index contributed by atoms with van der Waals surface area (Å²) in [7, 11) is 0. The van der Waals surface area contributed by atoms with E-state index < -0.39 is 59.9 Å². The van der Waals surface area contributed by atoms with E-state index >= 15 is 13.2 Å². The number of aryl methyl sites for hydroxylation is 1. The van der Waals surface area contributed by atoms with Crippen LogP contribution in [0.5, 0.6) is 0 Å². The van der Waals surface area contributed by atoms with Crippen LogP contribution in [0.25, 0.3) is 43.6 Å². The summed E-state index contributed by atoms with van der Waals surface area (Å²) in [5.41, 5.74) is 4.36. The van der Waals surface area contributed by atoms with Crippen molar-refractivity contribution >= 4 is 78.0 Å². The van der Waals surface area contributed by atoms with Crippen LogP contribution in [0.1, 0.15) is 49.2 Å². The molecule has 2 aliphatic rings. The number of hydrogen-bond acceptors (Lipinski definition) is 6. The highest BCUT2D eigenvalue weighted by atomic mass is 127. The van der Waals surface area contributed by atoms with Crippen LogP contribution in [0.4, 0.5) is 13.2 Å². The molecule has 2 N–H and O–H groups in total. The summed E-state index contributed by atoms with van der Waals surface area (Å²) in [5.74, 6) is -4.20. The van der Waals surface area contributed by atoms with Gasteiger partial charge in [0, 0.05) is 37.6 Å². The fraction of sp³-hybridized carbons (Fsp3) is 0.208. The summed E-state index contributed by atoms with van der Waals surface area (Å²) in [6.45, 7) is 2.16. The second-order valence-electron chi connectivity index (χ2n) is 15.4. The molecule has 2 aliphatic heterocycles. The Hall–Kier alpha value is -5.58. The predicted molar refractivity (Wildman–Crippen MR) is 233 cm³/mol. The van der Waals surface area contributed by atoms with Crippen LogP contribution in [-0.4, -0.2) is 50.2 Å². The molecule has 9 nitrogen and oxygen atoms in total. The number of aromatic nitrogens is 2. The first kappa shape index (κ1) is 39.5. The quantitative estimate of drug-likeness (QED) is 0.0761. The molecule has 13 heteroatoms. The van der Waals surface area contributed by atoms with E-state index in [1.165, 1.54) is 6.07 Å². The Morgan fingerprint density at radius 3 is 1.77 bits per heavy atom. The number of hydrogen-bond donors (Lipinski definition) is 2. The molecule has 8 aromatic rings. The monoisotopic (exact) mass is 935 g/mol. The Balaban J connectivity index is 1.25. The van der Waals surface area contributed by atoms with Gasteiger partial charge in [0.15, 0.2) is 17.9 Å². The van der Waals surface area contributed by atoms with E-state index in [2.05, 4.69) is 32.9 Å². The average Bonchev–Trinajstić information content (AvgIpc) is 3.89. The van der Waals surface area contributed by atoms with E-state index in [1.54, 1.807) is 17.6 Å². The molecular formula is C48H37F3IN3O6. The molecule has 4 heterocycles. The molecule has 1 saturated heterocycles. The van der Waals surface area contributed by atoms with Crippen LogP contribution >= 0.6 is 22.6 Å². The smallest absolute Gasteiger partial charge is 0.259 e. The highest BCUT2D eigenvalue weighted by molar-refractivity contribution is 14.1. The molecule has 1 fully saturated rings. The molecule has 10 rings (SSSR count). The van der Waals surface area contributed by atoms with Gasteiger partial charge in [0.05, 0.1) is 53.6 Å². The number of rotatable bonds is 11. The number of halogens is 4. The minimum Gasteiger partial charge on any atom is -0.368 e. The first-order chi connectivity index (χ1) is 29.7. The Bertz CT molecular complexity index is 3000. The van der Waals surface area contributed by atoms with Gasteiger partial charge >= 0.3 is 0 Å². The molecule has 308 valence electrons. The van der Waals surface area contributed by atoms with E-state index in [1.807, 2.05) is 91.0 Å². The number of ether oxygens (including phenoxy) is 4. The Kier molecular flexibility index (Phi) is 10.4. The number of imide groups is 1. The third kappa shape index (κ3) is 6.88. The first-order valence-electron chi connectivity index (χ1n) is 19.8. The standard InChI is InChI=1S/C48H37F3IN3O6/c1-25-17-34-29(18-31(25)49)37-39-40(47(57)54-46(39)56)38-30-19-32(50)33(51)20-35(30)55(42(38)41(37)53-34)48-45(60-24-28-15-9-4-10-16-28)44(59-23-27-13-7-3-8-14-27)43(36(21-52)61-48)58-22-26-11-5-2-6-12-26/h2-20,36,43-45,48,53H,21-24H2,1H3,(H,54,56,57). The number of benzene rings is 6. The molecule has 0 bridgehead atoms. The van der Waals surface area contributed by atoms with Crippen LogP contribution in [-0.2, 0) is 38.8 Å². The fourth-order valence-electron chi connectivity index (χ4n) is 8.86. The fourth-order valence-corrected chi connectivity index (χ4v) is 9.56. The maximum atomic E-state index is 15.7. The van der Waals surface area contributed by atoms with Crippen LogP contribution in [0.2, 0.25) is 0 Å². The zero-order chi connectivity index (χ0) is 41.9. The van der Waals surface area contributed by atoms with Gasteiger partial charge in [0.1, 0.15) is 24.1 Å². The number of amides is 2. The lowest BCUT2D eigenvalue weighted by molar-refractivity contribution is -0.276. The van der Waals surface area contributed by atoms with Crippen LogP contribution in [0, 0.1) is 24.4 Å². The van der Waals surface area contributed by atoms with Gasteiger partial charge in [-0.05, 0) is 47.4 Å². The number of aromatic amines is 1. The zero-order valence-electron chi connectivity index (χ0n) is 32.6. The Labute approximate surface area is 360 Å². The molecule has 2 amide bonds. The first-order valence-corrected chi connectivity index (χ1v) is 21.4. The van der Waals surface area contributed by atoms with E-state index in [0.717, 1.165) is 28.8 Å². The summed E-state index contributed by atoms with van der Waals surface area (Å²) in [6.07, 6.45) is -4.26. The van der Waals surface area contributed by atoms with Crippen molar-refractivity contribution in [2.75, 3.05) is 4.43 Å². The molecule has 0 spiro atoms. The van der Waals surface area contributed by atoms with E-state index in [-0.39, 0.29) is 52.6 Å². The number of carbonyl (C=O) groups excluding carboxylic acids is 2. The zero-order valence-corrected chi connectivity index (χ0v) is 34.8. The second-order valence-corrected chi connectivity index (χ2v) is 16.3. The molecule has 2 aromatic heterocycles. The van der Waals surface area contributed by atoms with Gasteiger partial charge < -0.3 is 28.5 Å². The van der Waals surface area contributed by atoms with Gasteiger partial charge in [0.25, 0.3) is 11.8 Å². The Morgan fingerprint density at radius 2 is 1.18 bits per heavy atom. The topological polar surface area (TPSA) is 104 Å². The normalized spacial score (nSPS) is 20.3. The lowest BCUT2D eigenvalue weighted by atomic mass is 9.95. The van der Waals surface area contributed by atoms with Gasteiger partial charge in [-0.1, -0.05) is 114 Å². The van der Waals surface area contributed by atoms with E-state index in [4.69, 9.17) is 18.9 Å². The van der Waals surface area contributed by atoms with Crippen molar-refractivity contribution in [1.82, 2.24) is 14.9 Å². The van der Waals surface area contributed by atoms with Crippen LogP contribution in [0.15, 0.2) is 115 Å². The molecule has 0 radical (unpaired) electrons. The summed E-state index contributed by atoms with van der Waals surface area (Å²) < 4.78 is 76.6. The SMILES string of the molecule is Cc1cc2[nH]c3c(c4c(c5c6cc(F)c(F)cc6n(C6OC(CI)C(OCc7ccccc7)C(OCc7ccccc7)C6OCc6ccccc6)c35)C(=O)NC4=O)c2cc1F. The molecule has 0 aliphatic carbocycles. The van der Waals surface area contributed by atoms with E-state index in [0.29, 0.717) is 31.9 Å². The summed E-state index contributed by atoms with van der Waals surface area (Å²) in [6, 6.07) is 34.1. The van der Waals surface area contributed by atoms with Gasteiger partial charge in [-0.15, -0.1) is 0 Å². The van der Waals surface area contributed by atoms with Crippen molar-refractivity contribution in [1.29, 1.82) is 0 Å². The highest BCUT2D eigenvalue weighted by Gasteiger charge is 2.50. The van der Waals surface area contributed by atoms with Crippen molar-refractivity contribution in [3.05, 3.63) is 166 Å². The number of fused-ring (bicyclic) bond motifs is 10. The van der Waals surface area contributed by atoms with Crippen LogP contribution in [0.3, 0.4) is 0 Å². The predicted octanol–water partition coefficient (Wildman–Crippen LogP) is 10.1. The van der Waals surface area contributed by atoms with Crippen molar-refractivity contribution < 1.29 is 41.7 Å². The molecule has 5 atom stereocenters. The molecule has 61 heavy (non-hydrogen) atoms. The summed E-state index contributed by atoms with van der Waals surface area (Å²) in [4.78, 5) is 31.1. The molecular weight excluding hydrogens is 898 g/mol. The largest absolute Gasteiger partial charge is 0.368 e. The minimum absolute atomic E-state index is 0.0100. The van der Waals surface area contributed by atoms with Crippen molar-refractivity contribution in [2.24, 2.45) is 0 Å². The van der Waals surface area contributed by atoms with Gasteiger partial charge in [-0.3, -0.25) is 14.9 Å². The van der Waals surface area contributed by atoms with Crippen molar-refractivity contribution in [3.8, 4) is 0 Å².